The fraction of sp³-hybridized carbons (Fsp3) is 0.100. The summed E-state index contributed by atoms with van der Waals surface area (Å²) in [6, 6.07) is 8.08. The molecule has 0 aliphatic heterocycles. The van der Waals surface area contributed by atoms with Gasteiger partial charge in [-0.25, -0.2) is 9.61 Å². The number of imidazole rings is 1. The summed E-state index contributed by atoms with van der Waals surface area (Å²) in [5.41, 5.74) is 3.31. The van der Waals surface area contributed by atoms with Crippen LogP contribution in [0.15, 0.2) is 28.9 Å². The highest BCUT2D eigenvalue weighted by Gasteiger charge is 2.08. The standard InChI is InChI=1S/C10H8N4O/c1-6-2-4-7(5-3-6)8-11-9-10(12-8)14-15-13-9/h2-5H,1H3,(H,11,12,13,14). The van der Waals surface area contributed by atoms with Crippen molar-refractivity contribution in [2.75, 3.05) is 0 Å². The lowest BCUT2D eigenvalue weighted by atomic mass is 10.1. The molecular weight excluding hydrogens is 192 g/mol. The molecule has 0 fully saturated rings. The molecule has 3 rings (SSSR count). The Morgan fingerprint density at radius 3 is 2.67 bits per heavy atom. The van der Waals surface area contributed by atoms with E-state index >= 15 is 0 Å². The van der Waals surface area contributed by atoms with Crippen LogP contribution in [-0.2, 0) is 0 Å². The second-order valence-electron chi connectivity index (χ2n) is 3.39. The summed E-state index contributed by atoms with van der Waals surface area (Å²) >= 11 is 0. The zero-order valence-electron chi connectivity index (χ0n) is 8.06. The van der Waals surface area contributed by atoms with Crippen LogP contribution in [0.1, 0.15) is 5.56 Å². The molecule has 15 heavy (non-hydrogen) atoms. The van der Waals surface area contributed by atoms with Crippen molar-refractivity contribution in [3.05, 3.63) is 29.8 Å². The minimum atomic E-state index is 0.505. The van der Waals surface area contributed by atoms with Crippen LogP contribution in [0.4, 0.5) is 0 Å². The van der Waals surface area contributed by atoms with Gasteiger partial charge in [-0.05, 0) is 17.2 Å². The summed E-state index contributed by atoms with van der Waals surface area (Å²) < 4.78 is 4.52. The van der Waals surface area contributed by atoms with Gasteiger partial charge in [0.15, 0.2) is 0 Å². The van der Waals surface area contributed by atoms with Gasteiger partial charge < -0.3 is 4.98 Å². The fourth-order valence-electron chi connectivity index (χ4n) is 1.43. The Morgan fingerprint density at radius 2 is 1.93 bits per heavy atom. The topological polar surface area (TPSA) is 67.6 Å². The van der Waals surface area contributed by atoms with Crippen molar-refractivity contribution in [1.29, 1.82) is 0 Å². The van der Waals surface area contributed by atoms with E-state index in [4.69, 9.17) is 0 Å². The molecule has 0 saturated heterocycles. The summed E-state index contributed by atoms with van der Waals surface area (Å²) in [7, 11) is 0. The van der Waals surface area contributed by atoms with E-state index in [0.29, 0.717) is 11.3 Å². The minimum Gasteiger partial charge on any atom is -0.318 e. The third-order valence-corrected chi connectivity index (χ3v) is 2.25. The van der Waals surface area contributed by atoms with Gasteiger partial charge in [0.1, 0.15) is 5.82 Å². The van der Waals surface area contributed by atoms with E-state index in [1.807, 2.05) is 31.2 Å². The molecule has 0 saturated carbocycles. The predicted molar refractivity (Wildman–Crippen MR) is 54.1 cm³/mol. The Kier molecular flexibility index (Phi) is 1.58. The van der Waals surface area contributed by atoms with Crippen LogP contribution in [0.2, 0.25) is 0 Å². The van der Waals surface area contributed by atoms with Crippen LogP contribution in [0.3, 0.4) is 0 Å². The number of hydrogen-bond donors (Lipinski definition) is 1. The number of nitrogens with zero attached hydrogens (tertiary/aromatic N) is 3. The summed E-state index contributed by atoms with van der Waals surface area (Å²) in [4.78, 5) is 7.28. The third kappa shape index (κ3) is 1.28. The van der Waals surface area contributed by atoms with E-state index in [9.17, 15) is 0 Å². The number of hydrogen-bond acceptors (Lipinski definition) is 4. The zero-order chi connectivity index (χ0) is 10.3. The summed E-state index contributed by atoms with van der Waals surface area (Å²) in [5.74, 6) is 0.760. The monoisotopic (exact) mass is 200 g/mol. The van der Waals surface area contributed by atoms with E-state index in [2.05, 4.69) is 24.9 Å². The lowest BCUT2D eigenvalue weighted by molar-refractivity contribution is 0.313. The number of H-pyrrole nitrogens is 1. The van der Waals surface area contributed by atoms with Crippen LogP contribution in [0, 0.1) is 6.92 Å². The average molecular weight is 200 g/mol. The van der Waals surface area contributed by atoms with Crippen LogP contribution in [0.25, 0.3) is 22.7 Å². The first kappa shape index (κ1) is 8.16. The molecule has 0 bridgehead atoms. The second kappa shape index (κ2) is 2.91. The normalized spacial score (nSPS) is 11.0. The molecule has 0 amide bonds. The maximum atomic E-state index is 4.52. The average Bonchev–Trinajstić information content (AvgIpc) is 2.78. The molecular formula is C10H8N4O. The van der Waals surface area contributed by atoms with Gasteiger partial charge in [-0.1, -0.05) is 29.8 Å². The third-order valence-electron chi connectivity index (χ3n) is 2.25. The van der Waals surface area contributed by atoms with E-state index in [-0.39, 0.29) is 0 Å². The largest absolute Gasteiger partial charge is 0.318 e. The van der Waals surface area contributed by atoms with Crippen LogP contribution in [-0.4, -0.2) is 20.3 Å². The van der Waals surface area contributed by atoms with Crippen LogP contribution < -0.4 is 0 Å². The first-order valence-electron chi connectivity index (χ1n) is 4.58. The molecule has 0 spiro atoms. The molecule has 5 heteroatoms. The number of rotatable bonds is 1. The lowest BCUT2D eigenvalue weighted by Crippen LogP contribution is -1.81. The van der Waals surface area contributed by atoms with Gasteiger partial charge in [0, 0.05) is 5.56 Å². The van der Waals surface area contributed by atoms with E-state index in [0.717, 1.165) is 11.4 Å². The highest BCUT2D eigenvalue weighted by Crippen LogP contribution is 2.18. The van der Waals surface area contributed by atoms with Gasteiger partial charge >= 0.3 is 0 Å². The van der Waals surface area contributed by atoms with Gasteiger partial charge in [0.2, 0.25) is 11.3 Å². The Balaban J connectivity index is 2.13. The quantitative estimate of drug-likeness (QED) is 0.651. The molecule has 1 N–H and O–H groups in total. The van der Waals surface area contributed by atoms with Crippen LogP contribution in [0.5, 0.6) is 0 Å². The molecule has 0 aliphatic carbocycles. The Hall–Kier alpha value is -2.17. The zero-order valence-corrected chi connectivity index (χ0v) is 8.06. The van der Waals surface area contributed by atoms with Crippen molar-refractivity contribution in [1.82, 2.24) is 20.3 Å². The molecule has 0 radical (unpaired) electrons. The van der Waals surface area contributed by atoms with Gasteiger partial charge in [-0.2, -0.15) is 0 Å². The number of aromatic nitrogens is 4. The van der Waals surface area contributed by atoms with Gasteiger partial charge in [0.25, 0.3) is 0 Å². The number of aromatic amines is 1. The maximum absolute atomic E-state index is 4.52. The molecule has 3 aromatic rings. The molecule has 2 heterocycles. The predicted octanol–water partition coefficient (Wildman–Crippen LogP) is 1.92. The van der Waals surface area contributed by atoms with Crippen molar-refractivity contribution in [2.45, 2.75) is 6.92 Å². The van der Waals surface area contributed by atoms with Crippen molar-refractivity contribution in [3.8, 4) is 11.4 Å². The van der Waals surface area contributed by atoms with Crippen molar-refractivity contribution >= 4 is 11.3 Å². The lowest BCUT2D eigenvalue weighted by Gasteiger charge is -1.96. The van der Waals surface area contributed by atoms with Gasteiger partial charge in [-0.3, -0.25) is 0 Å². The molecule has 1 aromatic carbocycles. The fourth-order valence-corrected chi connectivity index (χ4v) is 1.43. The molecule has 5 nitrogen and oxygen atoms in total. The Bertz CT molecular complexity index is 565. The first-order valence-corrected chi connectivity index (χ1v) is 4.58. The maximum Gasteiger partial charge on any atom is 0.243 e. The minimum absolute atomic E-state index is 0.505. The van der Waals surface area contributed by atoms with E-state index < -0.39 is 0 Å². The van der Waals surface area contributed by atoms with Gasteiger partial charge in [0.05, 0.1) is 0 Å². The number of aryl methyl sites for hydroxylation is 1. The molecule has 0 atom stereocenters. The highest BCUT2D eigenvalue weighted by atomic mass is 16.6. The first-order chi connectivity index (χ1) is 7.33. The molecule has 0 unspecified atom stereocenters. The highest BCUT2D eigenvalue weighted by molar-refractivity contribution is 5.71. The van der Waals surface area contributed by atoms with Crippen molar-refractivity contribution in [3.63, 3.8) is 0 Å². The number of fused-ring (bicyclic) bond motifs is 1. The van der Waals surface area contributed by atoms with Gasteiger partial charge in [-0.15, -0.1) is 0 Å². The summed E-state index contributed by atoms with van der Waals surface area (Å²) in [6.07, 6.45) is 0. The smallest absolute Gasteiger partial charge is 0.243 e. The Morgan fingerprint density at radius 1 is 1.13 bits per heavy atom. The van der Waals surface area contributed by atoms with E-state index in [1.54, 1.807) is 0 Å². The molecule has 2 aromatic heterocycles. The summed E-state index contributed by atoms with van der Waals surface area (Å²) in [6.45, 7) is 2.05. The SMILES string of the molecule is Cc1ccc(-c2nc3nonc3[nH]2)cc1. The number of benzene rings is 1. The Labute approximate surface area is 85.1 Å². The second-order valence-corrected chi connectivity index (χ2v) is 3.39. The molecule has 74 valence electrons. The van der Waals surface area contributed by atoms with Crippen LogP contribution >= 0.6 is 0 Å². The van der Waals surface area contributed by atoms with E-state index in [1.165, 1.54) is 5.56 Å². The summed E-state index contributed by atoms with van der Waals surface area (Å²) in [5, 5.41) is 7.33. The van der Waals surface area contributed by atoms with Crippen molar-refractivity contribution < 1.29 is 4.63 Å². The van der Waals surface area contributed by atoms with Crippen molar-refractivity contribution in [2.24, 2.45) is 0 Å². The number of nitrogens with one attached hydrogen (secondary N) is 1. The molecule has 0 aliphatic rings.